The van der Waals surface area contributed by atoms with Crippen LogP contribution in [0.2, 0.25) is 0 Å². The molecule has 0 bridgehead atoms. The molecule has 18 heavy (non-hydrogen) atoms. The van der Waals surface area contributed by atoms with Crippen LogP contribution in [-0.2, 0) is 6.42 Å². The second-order valence-corrected chi connectivity index (χ2v) is 4.37. The summed E-state index contributed by atoms with van der Waals surface area (Å²) < 4.78 is 5.20. The number of aliphatic hydroxyl groups excluding tert-OH is 1. The molecular weight excluding hydrogens is 232 g/mol. The van der Waals surface area contributed by atoms with E-state index in [1.54, 1.807) is 13.0 Å². The van der Waals surface area contributed by atoms with E-state index in [-0.39, 0.29) is 12.8 Å². The van der Waals surface area contributed by atoms with Crippen molar-refractivity contribution in [2.24, 2.45) is 5.73 Å². The van der Waals surface area contributed by atoms with Crippen LogP contribution in [0.1, 0.15) is 30.5 Å². The molecule has 2 rings (SSSR count). The Bertz CT molecular complexity index is 444. The molecule has 5 nitrogen and oxygen atoms in total. The molecule has 1 amide bonds. The number of carbonyl (C=O) groups is 1. The van der Waals surface area contributed by atoms with E-state index in [1.165, 1.54) is 10.5 Å². The summed E-state index contributed by atoms with van der Waals surface area (Å²) in [6, 6.07) is 5.55. The van der Waals surface area contributed by atoms with Crippen molar-refractivity contribution in [3.05, 3.63) is 29.3 Å². The maximum atomic E-state index is 11.7. The zero-order valence-electron chi connectivity index (χ0n) is 10.4. The highest BCUT2D eigenvalue weighted by Gasteiger charge is 2.20. The Morgan fingerprint density at radius 1 is 1.61 bits per heavy atom. The van der Waals surface area contributed by atoms with Crippen LogP contribution in [0.5, 0.6) is 5.75 Å². The minimum Gasteiger partial charge on any atom is -0.410 e. The lowest BCUT2D eigenvalue weighted by Gasteiger charge is -2.17. The lowest BCUT2D eigenvalue weighted by molar-refractivity contribution is 0.0973. The lowest BCUT2D eigenvalue weighted by atomic mass is 10.1. The van der Waals surface area contributed by atoms with E-state index in [2.05, 4.69) is 0 Å². The first-order chi connectivity index (χ1) is 8.65. The molecule has 0 unspecified atom stereocenters. The molecule has 1 aromatic rings. The molecule has 0 fully saturated rings. The van der Waals surface area contributed by atoms with Crippen molar-refractivity contribution >= 4 is 6.09 Å². The van der Waals surface area contributed by atoms with Crippen molar-refractivity contribution in [2.75, 3.05) is 13.3 Å². The first-order valence-corrected chi connectivity index (χ1v) is 6.11. The van der Waals surface area contributed by atoms with Crippen LogP contribution in [0.25, 0.3) is 0 Å². The van der Waals surface area contributed by atoms with Gasteiger partial charge in [0.15, 0.2) is 0 Å². The summed E-state index contributed by atoms with van der Waals surface area (Å²) in [7, 11) is 0. The summed E-state index contributed by atoms with van der Waals surface area (Å²) >= 11 is 0. The second kappa shape index (κ2) is 5.37. The molecule has 1 aliphatic carbocycles. The van der Waals surface area contributed by atoms with E-state index in [0.29, 0.717) is 12.3 Å². The molecule has 0 saturated heterocycles. The van der Waals surface area contributed by atoms with Crippen LogP contribution in [-0.4, -0.2) is 29.4 Å². The van der Waals surface area contributed by atoms with E-state index in [4.69, 9.17) is 15.6 Å². The highest BCUT2D eigenvalue weighted by atomic mass is 16.6. The van der Waals surface area contributed by atoms with Crippen LogP contribution >= 0.6 is 0 Å². The number of rotatable bonds is 3. The van der Waals surface area contributed by atoms with Gasteiger partial charge in [0.2, 0.25) is 0 Å². The largest absolute Gasteiger partial charge is 0.417 e. The third-order valence-electron chi connectivity index (χ3n) is 3.26. The van der Waals surface area contributed by atoms with E-state index in [1.807, 2.05) is 12.1 Å². The van der Waals surface area contributed by atoms with Crippen LogP contribution in [0, 0.1) is 0 Å². The second-order valence-electron chi connectivity index (χ2n) is 4.37. The van der Waals surface area contributed by atoms with Gasteiger partial charge in [-0.2, -0.15) is 0 Å². The van der Waals surface area contributed by atoms with Crippen LogP contribution in [0.4, 0.5) is 4.79 Å². The average Bonchev–Trinajstić information content (AvgIpc) is 2.73. The number of aryl methyl sites for hydroxylation is 1. The molecule has 0 aliphatic heterocycles. The molecule has 1 aliphatic rings. The van der Waals surface area contributed by atoms with Crippen LogP contribution in [0.3, 0.4) is 0 Å². The highest BCUT2D eigenvalue weighted by Crippen LogP contribution is 2.32. The predicted octanol–water partition coefficient (Wildman–Crippen LogP) is 1.40. The molecule has 0 saturated carbocycles. The molecule has 1 atom stereocenters. The normalized spacial score (nSPS) is 17.4. The number of benzene rings is 1. The van der Waals surface area contributed by atoms with E-state index in [9.17, 15) is 4.79 Å². The van der Waals surface area contributed by atoms with Gasteiger partial charge in [-0.15, -0.1) is 0 Å². The van der Waals surface area contributed by atoms with Gasteiger partial charge >= 0.3 is 6.09 Å². The van der Waals surface area contributed by atoms with E-state index >= 15 is 0 Å². The number of amides is 1. The Hall–Kier alpha value is -1.59. The fourth-order valence-electron chi connectivity index (χ4n) is 2.13. The van der Waals surface area contributed by atoms with Gasteiger partial charge in [-0.05, 0) is 43.0 Å². The number of nitrogens with zero attached hydrogens (tertiary/aromatic N) is 1. The molecule has 1 aromatic carbocycles. The maximum Gasteiger partial charge on any atom is 0.417 e. The number of hydrogen-bond acceptors (Lipinski definition) is 4. The van der Waals surface area contributed by atoms with Gasteiger partial charge in [0.05, 0.1) is 0 Å². The van der Waals surface area contributed by atoms with Crippen molar-refractivity contribution in [3.63, 3.8) is 0 Å². The summed E-state index contributed by atoms with van der Waals surface area (Å²) in [6.07, 6.45) is 1.36. The third-order valence-corrected chi connectivity index (χ3v) is 3.26. The van der Waals surface area contributed by atoms with E-state index in [0.717, 1.165) is 18.4 Å². The molecule has 0 radical (unpaired) electrons. The molecule has 0 aromatic heterocycles. The number of aliphatic hydroxyl groups is 1. The summed E-state index contributed by atoms with van der Waals surface area (Å²) in [4.78, 5) is 12.9. The van der Waals surface area contributed by atoms with Crippen molar-refractivity contribution in [2.45, 2.75) is 25.8 Å². The Morgan fingerprint density at radius 2 is 2.39 bits per heavy atom. The molecular formula is C13H18N2O3. The fraction of sp³-hybridized carbons (Fsp3) is 0.462. The summed E-state index contributed by atoms with van der Waals surface area (Å²) in [5.74, 6) is 0.475. The topological polar surface area (TPSA) is 75.8 Å². The standard InChI is InChI=1S/C13H18N2O3/c1-2-15(8-16)13(17)18-10-5-3-9-4-6-12(14)11(9)7-10/h3,5,7,12,16H,2,4,6,8,14H2,1H3/t12-/m1/s1. The molecule has 0 spiro atoms. The van der Waals surface area contributed by atoms with Crippen molar-refractivity contribution in [1.82, 2.24) is 4.90 Å². The SMILES string of the molecule is CCN(CO)C(=O)Oc1ccc2c(c1)[C@H](N)CC2. The Balaban J connectivity index is 2.11. The summed E-state index contributed by atoms with van der Waals surface area (Å²) in [6.45, 7) is 1.83. The van der Waals surface area contributed by atoms with Crippen LogP contribution < -0.4 is 10.5 Å². The monoisotopic (exact) mass is 250 g/mol. The molecule has 98 valence electrons. The minimum absolute atomic E-state index is 0.0266. The van der Waals surface area contributed by atoms with Crippen molar-refractivity contribution in [1.29, 1.82) is 0 Å². The molecule has 0 heterocycles. The minimum atomic E-state index is -0.550. The third kappa shape index (κ3) is 2.47. The van der Waals surface area contributed by atoms with Crippen molar-refractivity contribution in [3.8, 4) is 5.75 Å². The van der Waals surface area contributed by atoms with Crippen molar-refractivity contribution < 1.29 is 14.6 Å². The Morgan fingerprint density at radius 3 is 3.06 bits per heavy atom. The fourth-order valence-corrected chi connectivity index (χ4v) is 2.13. The summed E-state index contributed by atoms with van der Waals surface area (Å²) in [5.41, 5.74) is 8.24. The first kappa shape index (κ1) is 12.9. The zero-order valence-corrected chi connectivity index (χ0v) is 10.4. The Labute approximate surface area is 106 Å². The van der Waals surface area contributed by atoms with Gasteiger partial charge in [0, 0.05) is 12.6 Å². The zero-order chi connectivity index (χ0) is 13.1. The highest BCUT2D eigenvalue weighted by molar-refractivity contribution is 5.70. The smallest absolute Gasteiger partial charge is 0.410 e. The molecule has 3 N–H and O–H groups in total. The summed E-state index contributed by atoms with van der Waals surface area (Å²) in [5, 5.41) is 8.98. The number of fused-ring (bicyclic) bond motifs is 1. The number of nitrogens with two attached hydrogens (primary N) is 1. The van der Waals surface area contributed by atoms with Crippen LogP contribution in [0.15, 0.2) is 18.2 Å². The van der Waals surface area contributed by atoms with Gasteiger partial charge in [0.25, 0.3) is 0 Å². The van der Waals surface area contributed by atoms with E-state index < -0.39 is 6.09 Å². The lowest BCUT2D eigenvalue weighted by Crippen LogP contribution is -2.34. The van der Waals surface area contributed by atoms with Gasteiger partial charge < -0.3 is 15.6 Å². The number of ether oxygens (including phenoxy) is 1. The molecule has 5 heteroatoms. The average molecular weight is 250 g/mol. The first-order valence-electron chi connectivity index (χ1n) is 6.11. The maximum absolute atomic E-state index is 11.7. The van der Waals surface area contributed by atoms with Gasteiger partial charge in [0.1, 0.15) is 12.5 Å². The van der Waals surface area contributed by atoms with Gasteiger partial charge in [-0.25, -0.2) is 4.79 Å². The van der Waals surface area contributed by atoms with Gasteiger partial charge in [-0.1, -0.05) is 6.07 Å². The van der Waals surface area contributed by atoms with Gasteiger partial charge in [-0.3, -0.25) is 4.90 Å². The number of carbonyl (C=O) groups excluding carboxylic acids is 1. The quantitative estimate of drug-likeness (QED) is 0.795. The Kier molecular flexibility index (Phi) is 3.84. The number of hydrogen-bond donors (Lipinski definition) is 2. The predicted molar refractivity (Wildman–Crippen MR) is 67.2 cm³/mol.